The van der Waals surface area contributed by atoms with Crippen LogP contribution in [0.3, 0.4) is 0 Å². The molecule has 7 heteroatoms. The van der Waals surface area contributed by atoms with E-state index in [-0.39, 0.29) is 18.0 Å². The first-order valence-electron chi connectivity index (χ1n) is 9.00. The van der Waals surface area contributed by atoms with E-state index in [9.17, 15) is 14.0 Å². The molecule has 0 aliphatic rings. The zero-order valence-electron chi connectivity index (χ0n) is 16.3. The Bertz CT molecular complexity index is 826. The minimum atomic E-state index is -0.770. The molecule has 2 N–H and O–H groups in total. The van der Waals surface area contributed by atoms with E-state index in [1.54, 1.807) is 27.2 Å². The van der Waals surface area contributed by atoms with E-state index in [1.165, 1.54) is 18.2 Å². The fourth-order valence-electron chi connectivity index (χ4n) is 2.67. The van der Waals surface area contributed by atoms with Gasteiger partial charge in [0, 0.05) is 6.42 Å². The molecule has 0 aliphatic heterocycles. The molecular formula is C21H25FN2O4. The zero-order valence-corrected chi connectivity index (χ0v) is 16.3. The van der Waals surface area contributed by atoms with Gasteiger partial charge in [0.2, 0.25) is 11.8 Å². The van der Waals surface area contributed by atoms with E-state index < -0.39 is 17.8 Å². The molecule has 150 valence electrons. The van der Waals surface area contributed by atoms with Gasteiger partial charge in [-0.05, 0) is 49.6 Å². The van der Waals surface area contributed by atoms with E-state index >= 15 is 0 Å². The highest BCUT2D eigenvalue weighted by Crippen LogP contribution is 2.28. The lowest BCUT2D eigenvalue weighted by Crippen LogP contribution is -2.41. The number of carbonyl (C=O) groups is 2. The van der Waals surface area contributed by atoms with Gasteiger partial charge in [0.05, 0.1) is 19.9 Å². The molecule has 0 fully saturated rings. The average molecular weight is 388 g/mol. The smallest absolute Gasteiger partial charge is 0.246 e. The SMILES string of the molecule is COc1ccc(CCCC(=O)NC(C)C(=O)Nc2ccccc2F)cc1OC. The Hall–Kier alpha value is -3.09. The van der Waals surface area contributed by atoms with Crippen LogP contribution >= 0.6 is 0 Å². The molecule has 6 nitrogen and oxygen atoms in total. The molecule has 2 rings (SSSR count). The van der Waals surface area contributed by atoms with Gasteiger partial charge >= 0.3 is 0 Å². The molecule has 0 radical (unpaired) electrons. The van der Waals surface area contributed by atoms with Gasteiger partial charge in [-0.3, -0.25) is 9.59 Å². The summed E-state index contributed by atoms with van der Waals surface area (Å²) in [5.41, 5.74) is 1.11. The number of aryl methyl sites for hydroxylation is 1. The Morgan fingerprint density at radius 2 is 1.79 bits per heavy atom. The Balaban J connectivity index is 1.79. The lowest BCUT2D eigenvalue weighted by Gasteiger charge is -2.14. The molecule has 1 unspecified atom stereocenters. The Labute approximate surface area is 164 Å². The van der Waals surface area contributed by atoms with Crippen LogP contribution in [0.25, 0.3) is 0 Å². The van der Waals surface area contributed by atoms with Gasteiger partial charge in [0.15, 0.2) is 11.5 Å². The largest absolute Gasteiger partial charge is 0.493 e. The van der Waals surface area contributed by atoms with Crippen LogP contribution in [0.1, 0.15) is 25.3 Å². The number of rotatable bonds is 9. The molecular weight excluding hydrogens is 363 g/mol. The zero-order chi connectivity index (χ0) is 20.5. The maximum absolute atomic E-state index is 13.6. The summed E-state index contributed by atoms with van der Waals surface area (Å²) < 4.78 is 24.1. The third-order valence-corrected chi connectivity index (χ3v) is 4.22. The van der Waals surface area contributed by atoms with Crippen LogP contribution in [0.15, 0.2) is 42.5 Å². The molecule has 0 bridgehead atoms. The minimum Gasteiger partial charge on any atom is -0.493 e. The maximum atomic E-state index is 13.6. The first-order chi connectivity index (χ1) is 13.4. The van der Waals surface area contributed by atoms with Gasteiger partial charge in [-0.2, -0.15) is 0 Å². The van der Waals surface area contributed by atoms with Crippen molar-refractivity contribution in [1.82, 2.24) is 5.32 Å². The van der Waals surface area contributed by atoms with Crippen molar-refractivity contribution < 1.29 is 23.5 Å². The van der Waals surface area contributed by atoms with E-state index in [0.29, 0.717) is 24.3 Å². The predicted octanol–water partition coefficient (Wildman–Crippen LogP) is 3.31. The molecule has 2 amide bonds. The topological polar surface area (TPSA) is 76.7 Å². The standard InChI is InChI=1S/C21H25FN2O4/c1-14(21(26)24-17-9-5-4-8-16(17)22)23-20(25)10-6-7-15-11-12-18(27-2)19(13-15)28-3/h4-5,8-9,11-14H,6-7,10H2,1-3H3,(H,23,25)(H,24,26). The number of hydrogen-bond donors (Lipinski definition) is 2. The van der Waals surface area contributed by atoms with Crippen molar-refractivity contribution in [3.8, 4) is 11.5 Å². The summed E-state index contributed by atoms with van der Waals surface area (Å²) in [6, 6.07) is 10.7. The third kappa shape index (κ3) is 5.97. The van der Waals surface area contributed by atoms with Crippen molar-refractivity contribution in [3.63, 3.8) is 0 Å². The van der Waals surface area contributed by atoms with Crippen LogP contribution in [0.5, 0.6) is 11.5 Å². The normalized spacial score (nSPS) is 11.4. The number of para-hydroxylation sites is 1. The number of anilines is 1. The summed E-state index contributed by atoms with van der Waals surface area (Å²) in [5, 5.41) is 5.09. The molecule has 0 saturated heterocycles. The van der Waals surface area contributed by atoms with Gasteiger partial charge in [0.1, 0.15) is 11.9 Å². The summed E-state index contributed by atoms with van der Waals surface area (Å²) >= 11 is 0. The fourth-order valence-corrected chi connectivity index (χ4v) is 2.67. The number of hydrogen-bond acceptors (Lipinski definition) is 4. The number of methoxy groups -OCH3 is 2. The molecule has 2 aromatic carbocycles. The summed E-state index contributed by atoms with van der Waals surface area (Å²) in [6.45, 7) is 1.56. The van der Waals surface area contributed by atoms with Gasteiger partial charge in [-0.1, -0.05) is 18.2 Å². The van der Waals surface area contributed by atoms with Crippen LogP contribution < -0.4 is 20.1 Å². The van der Waals surface area contributed by atoms with Gasteiger partial charge < -0.3 is 20.1 Å². The summed E-state index contributed by atoms with van der Waals surface area (Å²) in [6.07, 6.45) is 1.57. The highest BCUT2D eigenvalue weighted by molar-refractivity contribution is 5.96. The first-order valence-corrected chi connectivity index (χ1v) is 9.00. The van der Waals surface area contributed by atoms with Crippen molar-refractivity contribution in [2.75, 3.05) is 19.5 Å². The Morgan fingerprint density at radius 1 is 1.07 bits per heavy atom. The van der Waals surface area contributed by atoms with Crippen molar-refractivity contribution in [2.45, 2.75) is 32.2 Å². The second kappa shape index (κ2) is 10.3. The lowest BCUT2D eigenvalue weighted by molar-refractivity contribution is -0.126. The molecule has 0 aliphatic carbocycles. The van der Waals surface area contributed by atoms with Crippen molar-refractivity contribution in [3.05, 3.63) is 53.8 Å². The molecule has 1 atom stereocenters. The third-order valence-electron chi connectivity index (χ3n) is 4.22. The predicted molar refractivity (Wildman–Crippen MR) is 105 cm³/mol. The maximum Gasteiger partial charge on any atom is 0.246 e. The number of ether oxygens (including phenoxy) is 2. The van der Waals surface area contributed by atoms with Crippen molar-refractivity contribution in [1.29, 1.82) is 0 Å². The highest BCUT2D eigenvalue weighted by atomic mass is 19.1. The first kappa shape index (κ1) is 21.2. The van der Waals surface area contributed by atoms with Gasteiger partial charge in [0.25, 0.3) is 0 Å². The number of benzene rings is 2. The molecule has 0 aromatic heterocycles. The number of nitrogens with one attached hydrogen (secondary N) is 2. The monoisotopic (exact) mass is 388 g/mol. The van der Waals surface area contributed by atoms with E-state index in [0.717, 1.165) is 5.56 Å². The summed E-state index contributed by atoms with van der Waals surface area (Å²) in [7, 11) is 3.15. The molecule has 0 spiro atoms. The molecule has 0 saturated carbocycles. The lowest BCUT2D eigenvalue weighted by atomic mass is 10.1. The summed E-state index contributed by atoms with van der Waals surface area (Å²) in [5.74, 6) is 0.0564. The molecule has 0 heterocycles. The Kier molecular flexibility index (Phi) is 7.80. The minimum absolute atomic E-state index is 0.0852. The van der Waals surface area contributed by atoms with Crippen LogP contribution in [0.2, 0.25) is 0 Å². The second-order valence-corrected chi connectivity index (χ2v) is 6.30. The van der Waals surface area contributed by atoms with Crippen LogP contribution in [0, 0.1) is 5.82 Å². The number of carbonyl (C=O) groups excluding carboxylic acids is 2. The second-order valence-electron chi connectivity index (χ2n) is 6.30. The number of halogens is 1. The van der Waals surface area contributed by atoms with Crippen molar-refractivity contribution >= 4 is 17.5 Å². The Morgan fingerprint density at radius 3 is 2.46 bits per heavy atom. The van der Waals surface area contributed by atoms with E-state index in [2.05, 4.69) is 10.6 Å². The average Bonchev–Trinajstić information content (AvgIpc) is 2.69. The molecule has 2 aromatic rings. The van der Waals surface area contributed by atoms with E-state index in [1.807, 2.05) is 18.2 Å². The highest BCUT2D eigenvalue weighted by Gasteiger charge is 2.16. The van der Waals surface area contributed by atoms with Crippen molar-refractivity contribution in [2.24, 2.45) is 0 Å². The molecule has 28 heavy (non-hydrogen) atoms. The summed E-state index contributed by atoms with van der Waals surface area (Å²) in [4.78, 5) is 24.2. The van der Waals surface area contributed by atoms with Gasteiger partial charge in [-0.25, -0.2) is 4.39 Å². The van der Waals surface area contributed by atoms with Gasteiger partial charge in [-0.15, -0.1) is 0 Å². The van der Waals surface area contributed by atoms with Crippen LogP contribution in [-0.4, -0.2) is 32.1 Å². The number of amides is 2. The van der Waals surface area contributed by atoms with Crippen LogP contribution in [0.4, 0.5) is 10.1 Å². The quantitative estimate of drug-likeness (QED) is 0.691. The van der Waals surface area contributed by atoms with Crippen LogP contribution in [-0.2, 0) is 16.0 Å². The van der Waals surface area contributed by atoms with E-state index in [4.69, 9.17) is 9.47 Å². The fraction of sp³-hybridized carbons (Fsp3) is 0.333.